The summed E-state index contributed by atoms with van der Waals surface area (Å²) in [6.45, 7) is 2.19. The maximum absolute atomic E-state index is 10.9. The second kappa shape index (κ2) is 9.95. The van der Waals surface area contributed by atoms with E-state index in [2.05, 4.69) is 83.2 Å². The van der Waals surface area contributed by atoms with Crippen LogP contribution in [0.5, 0.6) is 0 Å². The van der Waals surface area contributed by atoms with E-state index in [1.165, 1.54) is 27.2 Å². The fourth-order valence-corrected chi connectivity index (χ4v) is 5.25. The Balaban J connectivity index is 1.66. The minimum atomic E-state index is -0.956. The van der Waals surface area contributed by atoms with Gasteiger partial charge in [-0.3, -0.25) is 5.10 Å². The Hall–Kier alpha value is -4.22. The fourth-order valence-electron chi connectivity index (χ4n) is 4.32. The van der Waals surface area contributed by atoms with Gasteiger partial charge in [0.05, 0.1) is 11.7 Å². The average Bonchev–Trinajstić information content (AvgIpc) is 3.56. The van der Waals surface area contributed by atoms with Crippen LogP contribution in [0.25, 0.3) is 38.6 Å². The Kier molecular flexibility index (Phi) is 6.42. The van der Waals surface area contributed by atoms with Gasteiger partial charge in [0.15, 0.2) is 0 Å². The summed E-state index contributed by atoms with van der Waals surface area (Å²) >= 11 is 1.76. The van der Waals surface area contributed by atoms with Crippen molar-refractivity contribution < 1.29 is 9.90 Å². The predicted octanol–water partition coefficient (Wildman–Crippen LogP) is 7.76. The first-order chi connectivity index (χ1) is 17.1. The zero-order valence-corrected chi connectivity index (χ0v) is 20.0. The third-order valence-corrected chi connectivity index (χ3v) is 6.99. The van der Waals surface area contributed by atoms with Gasteiger partial charge in [-0.15, -0.1) is 11.3 Å². The lowest BCUT2D eigenvalue weighted by atomic mass is 9.88. The number of fused-ring (bicyclic) bond motifs is 1. The standard InChI is InChI=1S/C30H24N2O2S/c1-2-26(25-17-28(35-19-25)21-6-4-3-5-7-21)30(23-13-14-27-24(16-23)18-31-32-27)22-11-8-20(9-12-22)10-15-29(33)34/h3-19H,2H2,1H3,(H,31,32)(H,33,34). The number of benzene rings is 3. The molecule has 4 nitrogen and oxygen atoms in total. The molecule has 0 saturated carbocycles. The van der Waals surface area contributed by atoms with E-state index in [-0.39, 0.29) is 0 Å². The van der Waals surface area contributed by atoms with E-state index in [1.54, 1.807) is 17.4 Å². The largest absolute Gasteiger partial charge is 0.478 e. The summed E-state index contributed by atoms with van der Waals surface area (Å²) < 4.78 is 0. The van der Waals surface area contributed by atoms with Gasteiger partial charge in [-0.05, 0) is 75.0 Å². The van der Waals surface area contributed by atoms with Crippen LogP contribution in [0.4, 0.5) is 0 Å². The van der Waals surface area contributed by atoms with Crippen LogP contribution in [0.3, 0.4) is 0 Å². The van der Waals surface area contributed by atoms with Crippen molar-refractivity contribution in [3.63, 3.8) is 0 Å². The molecule has 0 fully saturated rings. The number of aromatic amines is 1. The van der Waals surface area contributed by atoms with E-state index in [9.17, 15) is 4.79 Å². The molecule has 0 aliphatic rings. The van der Waals surface area contributed by atoms with Crippen LogP contribution < -0.4 is 0 Å². The van der Waals surface area contributed by atoms with Crippen LogP contribution in [0.1, 0.15) is 35.6 Å². The molecule has 0 unspecified atom stereocenters. The van der Waals surface area contributed by atoms with E-state index in [0.29, 0.717) is 0 Å². The second-order valence-electron chi connectivity index (χ2n) is 8.24. The number of rotatable bonds is 7. The lowest BCUT2D eigenvalue weighted by Crippen LogP contribution is -1.95. The molecule has 0 spiro atoms. The van der Waals surface area contributed by atoms with Crippen molar-refractivity contribution in [2.45, 2.75) is 13.3 Å². The molecule has 0 bridgehead atoms. The van der Waals surface area contributed by atoms with Gasteiger partial charge < -0.3 is 5.11 Å². The highest BCUT2D eigenvalue weighted by atomic mass is 32.1. The number of hydrogen-bond acceptors (Lipinski definition) is 3. The van der Waals surface area contributed by atoms with E-state index < -0.39 is 5.97 Å². The molecule has 2 heterocycles. The van der Waals surface area contributed by atoms with Gasteiger partial charge in [-0.2, -0.15) is 5.10 Å². The van der Waals surface area contributed by atoms with Crippen molar-refractivity contribution in [3.05, 3.63) is 119 Å². The van der Waals surface area contributed by atoms with Crippen molar-refractivity contribution in [1.82, 2.24) is 10.2 Å². The van der Waals surface area contributed by atoms with Gasteiger partial charge in [0.2, 0.25) is 0 Å². The van der Waals surface area contributed by atoms with Crippen LogP contribution in [-0.4, -0.2) is 21.3 Å². The molecule has 3 aromatic carbocycles. The molecule has 0 amide bonds. The number of aromatic nitrogens is 2. The summed E-state index contributed by atoms with van der Waals surface area (Å²) in [4.78, 5) is 12.1. The number of aliphatic carboxylic acids is 1. The SMILES string of the molecule is CCC(=C(c1ccc(C=CC(=O)O)cc1)c1ccc2[nH]ncc2c1)c1csc(-c2ccccc2)c1. The van der Waals surface area contributed by atoms with Crippen LogP contribution in [0.15, 0.2) is 96.5 Å². The monoisotopic (exact) mass is 476 g/mol. The number of carboxylic acids is 1. The highest BCUT2D eigenvalue weighted by molar-refractivity contribution is 7.13. The number of nitrogens with zero attached hydrogens (tertiary/aromatic N) is 1. The number of carboxylic acid groups (broad SMARTS) is 1. The Bertz CT molecular complexity index is 1540. The molecule has 0 aliphatic carbocycles. The normalized spacial score (nSPS) is 12.3. The molecule has 2 N–H and O–H groups in total. The smallest absolute Gasteiger partial charge is 0.328 e. The zero-order chi connectivity index (χ0) is 24.2. The minimum Gasteiger partial charge on any atom is -0.478 e. The van der Waals surface area contributed by atoms with Gasteiger partial charge in [-0.25, -0.2) is 4.79 Å². The van der Waals surface area contributed by atoms with Crippen LogP contribution in [0, 0.1) is 0 Å². The summed E-state index contributed by atoms with van der Waals surface area (Å²) in [5.41, 5.74) is 8.93. The number of H-pyrrole nitrogens is 1. The first-order valence-electron chi connectivity index (χ1n) is 11.4. The van der Waals surface area contributed by atoms with Crippen molar-refractivity contribution >= 4 is 45.4 Å². The highest BCUT2D eigenvalue weighted by Crippen LogP contribution is 2.39. The van der Waals surface area contributed by atoms with Gasteiger partial charge in [0, 0.05) is 16.3 Å². The highest BCUT2D eigenvalue weighted by Gasteiger charge is 2.16. The molecule has 2 aromatic heterocycles. The van der Waals surface area contributed by atoms with Gasteiger partial charge in [0.25, 0.3) is 0 Å². The van der Waals surface area contributed by atoms with Crippen molar-refractivity contribution in [2.75, 3.05) is 0 Å². The Morgan fingerprint density at radius 1 is 0.971 bits per heavy atom. The predicted molar refractivity (Wildman–Crippen MR) is 145 cm³/mol. The molecule has 0 atom stereocenters. The molecule has 5 aromatic rings. The fraction of sp³-hybridized carbons (Fsp3) is 0.0667. The summed E-state index contributed by atoms with van der Waals surface area (Å²) in [5, 5.41) is 19.5. The van der Waals surface area contributed by atoms with Crippen molar-refractivity contribution in [1.29, 1.82) is 0 Å². The zero-order valence-electron chi connectivity index (χ0n) is 19.2. The van der Waals surface area contributed by atoms with E-state index in [1.807, 2.05) is 24.4 Å². The number of carbonyl (C=O) groups is 1. The minimum absolute atomic E-state index is 0.848. The molecular formula is C30H24N2O2S. The summed E-state index contributed by atoms with van der Waals surface area (Å²) in [6, 6.07) is 27.2. The summed E-state index contributed by atoms with van der Waals surface area (Å²) in [7, 11) is 0. The van der Waals surface area contributed by atoms with E-state index in [0.717, 1.165) is 40.1 Å². The number of allylic oxidation sites excluding steroid dienone is 1. The second-order valence-corrected chi connectivity index (χ2v) is 9.15. The third-order valence-electron chi connectivity index (χ3n) is 6.01. The number of hydrogen-bond donors (Lipinski definition) is 2. The Morgan fingerprint density at radius 3 is 2.49 bits per heavy atom. The van der Waals surface area contributed by atoms with Gasteiger partial charge in [-0.1, -0.05) is 67.6 Å². The summed E-state index contributed by atoms with van der Waals surface area (Å²) in [6.07, 6.45) is 5.48. The molecule has 35 heavy (non-hydrogen) atoms. The Morgan fingerprint density at radius 2 is 1.74 bits per heavy atom. The van der Waals surface area contributed by atoms with Crippen LogP contribution in [-0.2, 0) is 4.79 Å². The quantitative estimate of drug-likeness (QED) is 0.236. The lowest BCUT2D eigenvalue weighted by Gasteiger charge is -2.16. The molecule has 5 rings (SSSR count). The van der Waals surface area contributed by atoms with Crippen LogP contribution in [0.2, 0.25) is 0 Å². The molecule has 0 saturated heterocycles. The number of thiophene rings is 1. The Labute approximate surface area is 207 Å². The van der Waals surface area contributed by atoms with E-state index in [4.69, 9.17) is 5.11 Å². The first kappa shape index (κ1) is 22.6. The molecule has 5 heteroatoms. The third kappa shape index (κ3) is 4.86. The molecule has 0 radical (unpaired) electrons. The topological polar surface area (TPSA) is 66.0 Å². The van der Waals surface area contributed by atoms with Crippen molar-refractivity contribution in [3.8, 4) is 10.4 Å². The van der Waals surface area contributed by atoms with E-state index >= 15 is 0 Å². The van der Waals surface area contributed by atoms with Crippen molar-refractivity contribution in [2.24, 2.45) is 0 Å². The molecule has 0 aliphatic heterocycles. The summed E-state index contributed by atoms with van der Waals surface area (Å²) in [5.74, 6) is -0.956. The molecular weight excluding hydrogens is 452 g/mol. The maximum Gasteiger partial charge on any atom is 0.328 e. The van der Waals surface area contributed by atoms with Crippen LogP contribution >= 0.6 is 11.3 Å². The molecule has 172 valence electrons. The average molecular weight is 477 g/mol. The lowest BCUT2D eigenvalue weighted by molar-refractivity contribution is -0.131. The van der Waals surface area contributed by atoms with Gasteiger partial charge >= 0.3 is 5.97 Å². The first-order valence-corrected chi connectivity index (χ1v) is 12.3. The maximum atomic E-state index is 10.9. The van der Waals surface area contributed by atoms with Gasteiger partial charge in [0.1, 0.15) is 0 Å². The number of nitrogens with one attached hydrogen (secondary N) is 1.